The number of nitrogens with zero attached hydrogens (tertiary/aromatic N) is 3. The standard InChI is InChI=1S/C18H18N4O3S/c1-4-26(24,25)14-7-5-6-12(8-14)16-15(11(2)3)18(23)22-17(21-16)13(9-19)10-20-22/h5-8,10-11,20H,4H2,1-3H3. The maximum atomic E-state index is 12.9. The Balaban J connectivity index is 2.38. The number of sulfone groups is 1. The number of aromatic nitrogens is 3. The molecule has 3 rings (SSSR count). The molecular weight excluding hydrogens is 352 g/mol. The van der Waals surface area contributed by atoms with Crippen LogP contribution in [0.1, 0.15) is 37.8 Å². The Hall–Kier alpha value is -2.92. The first-order chi connectivity index (χ1) is 12.3. The van der Waals surface area contributed by atoms with Crippen molar-refractivity contribution in [3.05, 3.63) is 51.9 Å². The van der Waals surface area contributed by atoms with Crippen molar-refractivity contribution in [2.24, 2.45) is 0 Å². The fraction of sp³-hybridized carbons (Fsp3) is 0.278. The van der Waals surface area contributed by atoms with E-state index < -0.39 is 9.84 Å². The van der Waals surface area contributed by atoms with Gasteiger partial charge in [-0.1, -0.05) is 32.9 Å². The number of fused-ring (bicyclic) bond motifs is 1. The van der Waals surface area contributed by atoms with Gasteiger partial charge in [-0.3, -0.25) is 9.89 Å². The molecule has 2 heterocycles. The molecule has 3 aromatic rings. The number of benzene rings is 1. The van der Waals surface area contributed by atoms with Crippen molar-refractivity contribution in [2.45, 2.75) is 31.6 Å². The van der Waals surface area contributed by atoms with E-state index in [-0.39, 0.29) is 33.3 Å². The van der Waals surface area contributed by atoms with E-state index in [9.17, 15) is 18.5 Å². The first-order valence-corrected chi connectivity index (χ1v) is 9.82. The van der Waals surface area contributed by atoms with Gasteiger partial charge in [0, 0.05) is 17.3 Å². The minimum Gasteiger partial charge on any atom is -0.295 e. The number of H-pyrrole nitrogens is 1. The Morgan fingerprint density at radius 2 is 2.08 bits per heavy atom. The summed E-state index contributed by atoms with van der Waals surface area (Å²) in [7, 11) is -3.39. The second-order valence-electron chi connectivity index (χ2n) is 6.22. The van der Waals surface area contributed by atoms with E-state index in [0.29, 0.717) is 16.8 Å². The Morgan fingerprint density at radius 1 is 1.35 bits per heavy atom. The molecule has 0 aliphatic rings. The van der Waals surface area contributed by atoms with E-state index in [1.54, 1.807) is 19.1 Å². The molecule has 0 fully saturated rings. The highest BCUT2D eigenvalue weighted by Crippen LogP contribution is 2.28. The molecule has 0 spiro atoms. The molecule has 0 unspecified atom stereocenters. The SMILES string of the molecule is CCS(=O)(=O)c1cccc(-c2nc3c(C#N)c[nH]n3c(=O)c2C(C)C)c1. The summed E-state index contributed by atoms with van der Waals surface area (Å²) >= 11 is 0. The predicted molar refractivity (Wildman–Crippen MR) is 97.8 cm³/mol. The lowest BCUT2D eigenvalue weighted by atomic mass is 9.98. The minimum atomic E-state index is -3.39. The van der Waals surface area contributed by atoms with Gasteiger partial charge in [0.1, 0.15) is 11.6 Å². The second kappa shape index (κ2) is 6.42. The van der Waals surface area contributed by atoms with Gasteiger partial charge in [0.05, 0.1) is 16.3 Å². The third-order valence-electron chi connectivity index (χ3n) is 4.24. The molecule has 1 N–H and O–H groups in total. The zero-order chi connectivity index (χ0) is 19.1. The van der Waals surface area contributed by atoms with Gasteiger partial charge in [-0.25, -0.2) is 17.9 Å². The first kappa shape index (κ1) is 17.9. The smallest absolute Gasteiger partial charge is 0.276 e. The van der Waals surface area contributed by atoms with Gasteiger partial charge in [-0.05, 0) is 18.1 Å². The number of hydrogen-bond acceptors (Lipinski definition) is 5. The molecule has 0 amide bonds. The average molecular weight is 370 g/mol. The van der Waals surface area contributed by atoms with Crippen LogP contribution in [0, 0.1) is 11.3 Å². The largest absolute Gasteiger partial charge is 0.295 e. The Morgan fingerprint density at radius 3 is 2.69 bits per heavy atom. The molecular formula is C18H18N4O3S. The predicted octanol–water partition coefficient (Wildman–Crippen LogP) is 2.48. The number of nitriles is 1. The van der Waals surface area contributed by atoms with Crippen molar-refractivity contribution < 1.29 is 8.42 Å². The fourth-order valence-electron chi connectivity index (χ4n) is 2.85. The highest BCUT2D eigenvalue weighted by molar-refractivity contribution is 7.91. The van der Waals surface area contributed by atoms with Crippen LogP contribution >= 0.6 is 0 Å². The molecule has 0 bridgehead atoms. The molecule has 2 aromatic heterocycles. The summed E-state index contributed by atoms with van der Waals surface area (Å²) in [6, 6.07) is 8.41. The summed E-state index contributed by atoms with van der Waals surface area (Å²) in [5.41, 5.74) is 1.56. The van der Waals surface area contributed by atoms with Crippen LogP contribution in [0.4, 0.5) is 0 Å². The molecule has 0 saturated carbocycles. The van der Waals surface area contributed by atoms with Crippen LogP contribution in [0.5, 0.6) is 0 Å². The molecule has 0 radical (unpaired) electrons. The molecule has 26 heavy (non-hydrogen) atoms. The molecule has 134 valence electrons. The number of hydrogen-bond donors (Lipinski definition) is 1. The van der Waals surface area contributed by atoms with Crippen molar-refractivity contribution in [1.29, 1.82) is 5.26 Å². The summed E-state index contributed by atoms with van der Waals surface area (Å²) in [6.07, 6.45) is 1.43. The lowest BCUT2D eigenvalue weighted by Crippen LogP contribution is -2.22. The molecule has 0 aliphatic carbocycles. The van der Waals surface area contributed by atoms with Crippen LogP contribution in [0.15, 0.2) is 40.2 Å². The zero-order valence-corrected chi connectivity index (χ0v) is 15.5. The summed E-state index contributed by atoms with van der Waals surface area (Å²) in [6.45, 7) is 5.32. The normalized spacial score (nSPS) is 11.8. The second-order valence-corrected chi connectivity index (χ2v) is 8.50. The van der Waals surface area contributed by atoms with Gasteiger partial charge in [0.25, 0.3) is 5.56 Å². The van der Waals surface area contributed by atoms with Crippen LogP contribution in [-0.4, -0.2) is 28.8 Å². The van der Waals surface area contributed by atoms with Gasteiger partial charge in [-0.15, -0.1) is 0 Å². The van der Waals surface area contributed by atoms with Crippen molar-refractivity contribution in [3.8, 4) is 17.3 Å². The monoisotopic (exact) mass is 370 g/mol. The van der Waals surface area contributed by atoms with Crippen LogP contribution in [0.3, 0.4) is 0 Å². The number of aromatic amines is 1. The molecule has 0 aliphatic heterocycles. The molecule has 1 aromatic carbocycles. The van der Waals surface area contributed by atoms with Gasteiger partial charge < -0.3 is 0 Å². The lowest BCUT2D eigenvalue weighted by molar-refractivity contribution is 0.597. The van der Waals surface area contributed by atoms with Crippen molar-refractivity contribution in [2.75, 3.05) is 5.75 Å². The van der Waals surface area contributed by atoms with E-state index in [1.807, 2.05) is 19.9 Å². The van der Waals surface area contributed by atoms with E-state index in [2.05, 4.69) is 10.1 Å². The Kier molecular flexibility index (Phi) is 4.42. The van der Waals surface area contributed by atoms with Crippen LogP contribution in [-0.2, 0) is 9.84 Å². The molecule has 8 heteroatoms. The summed E-state index contributed by atoms with van der Waals surface area (Å²) in [5, 5.41) is 12.0. The third-order valence-corrected chi connectivity index (χ3v) is 5.97. The van der Waals surface area contributed by atoms with Crippen molar-refractivity contribution in [1.82, 2.24) is 14.6 Å². The summed E-state index contributed by atoms with van der Waals surface area (Å²) in [4.78, 5) is 17.6. The Labute approximate surface area is 150 Å². The Bertz CT molecular complexity index is 1200. The lowest BCUT2D eigenvalue weighted by Gasteiger charge is -2.13. The van der Waals surface area contributed by atoms with Gasteiger partial charge in [0.15, 0.2) is 15.5 Å². The highest BCUT2D eigenvalue weighted by atomic mass is 32.2. The van der Waals surface area contributed by atoms with E-state index in [0.717, 1.165) is 0 Å². The van der Waals surface area contributed by atoms with Crippen molar-refractivity contribution >= 4 is 15.5 Å². The van der Waals surface area contributed by atoms with E-state index in [1.165, 1.54) is 22.8 Å². The maximum absolute atomic E-state index is 12.9. The average Bonchev–Trinajstić information content (AvgIpc) is 3.04. The van der Waals surface area contributed by atoms with Gasteiger partial charge in [0.2, 0.25) is 0 Å². The third kappa shape index (κ3) is 2.80. The zero-order valence-electron chi connectivity index (χ0n) is 14.6. The maximum Gasteiger partial charge on any atom is 0.276 e. The van der Waals surface area contributed by atoms with E-state index >= 15 is 0 Å². The topological polar surface area (TPSA) is 108 Å². The molecule has 7 nitrogen and oxygen atoms in total. The van der Waals surface area contributed by atoms with Gasteiger partial charge in [-0.2, -0.15) is 5.26 Å². The fourth-order valence-corrected chi connectivity index (χ4v) is 3.78. The van der Waals surface area contributed by atoms with E-state index in [4.69, 9.17) is 0 Å². The summed E-state index contributed by atoms with van der Waals surface area (Å²) in [5.74, 6) is -0.152. The van der Waals surface area contributed by atoms with Crippen LogP contribution in [0.25, 0.3) is 16.9 Å². The van der Waals surface area contributed by atoms with Gasteiger partial charge >= 0.3 is 0 Å². The summed E-state index contributed by atoms with van der Waals surface area (Å²) < 4.78 is 25.7. The molecule has 0 saturated heterocycles. The van der Waals surface area contributed by atoms with Crippen LogP contribution < -0.4 is 5.56 Å². The quantitative estimate of drug-likeness (QED) is 0.759. The molecule has 0 atom stereocenters. The highest BCUT2D eigenvalue weighted by Gasteiger charge is 2.21. The number of rotatable bonds is 4. The minimum absolute atomic E-state index is 0.0149. The number of nitrogens with one attached hydrogen (secondary N) is 1. The van der Waals surface area contributed by atoms with Crippen molar-refractivity contribution in [3.63, 3.8) is 0 Å². The first-order valence-electron chi connectivity index (χ1n) is 8.17. The van der Waals surface area contributed by atoms with Crippen LogP contribution in [0.2, 0.25) is 0 Å².